The summed E-state index contributed by atoms with van der Waals surface area (Å²) in [5.74, 6) is 0.683. The van der Waals surface area contributed by atoms with Crippen LogP contribution in [0.1, 0.15) is 31.7 Å². The minimum atomic E-state index is -0.171. The van der Waals surface area contributed by atoms with E-state index < -0.39 is 0 Å². The van der Waals surface area contributed by atoms with Crippen molar-refractivity contribution in [2.75, 3.05) is 39.3 Å². The summed E-state index contributed by atoms with van der Waals surface area (Å²) in [6, 6.07) is 10.00. The molecule has 1 amide bonds. The maximum absolute atomic E-state index is 12.3. The maximum atomic E-state index is 12.3. The molecule has 1 aromatic carbocycles. The molecule has 0 bridgehead atoms. The van der Waals surface area contributed by atoms with E-state index in [0.29, 0.717) is 11.3 Å². The van der Waals surface area contributed by atoms with E-state index in [0.717, 1.165) is 68.7 Å². The van der Waals surface area contributed by atoms with Crippen molar-refractivity contribution in [3.8, 4) is 11.8 Å². The van der Waals surface area contributed by atoms with Gasteiger partial charge in [-0.2, -0.15) is 10.3 Å². The first-order chi connectivity index (χ1) is 13.7. The number of carbonyl (C=O) groups excluding carboxylic acids is 1. The Morgan fingerprint density at radius 1 is 1.25 bits per heavy atom. The number of unbranched alkanes of at least 4 members (excludes halogenated alkanes) is 1. The van der Waals surface area contributed by atoms with E-state index in [2.05, 4.69) is 27.8 Å². The maximum Gasteiger partial charge on any atom is 0.286 e. The Kier molecular flexibility index (Phi) is 7.52. The Morgan fingerprint density at radius 3 is 2.68 bits per heavy atom. The zero-order valence-corrected chi connectivity index (χ0v) is 17.1. The van der Waals surface area contributed by atoms with Crippen LogP contribution in [0, 0.1) is 11.3 Å². The van der Waals surface area contributed by atoms with Gasteiger partial charge in [0.2, 0.25) is 0 Å². The Labute approximate surface area is 170 Å². The molecular weight excluding hydrogens is 372 g/mol. The van der Waals surface area contributed by atoms with E-state index in [1.54, 1.807) is 0 Å². The number of hydrogen-bond acceptors (Lipinski definition) is 6. The molecule has 2 aliphatic rings. The molecule has 1 saturated heterocycles. The summed E-state index contributed by atoms with van der Waals surface area (Å²) in [5, 5.41) is 9.49. The van der Waals surface area contributed by atoms with Crippen molar-refractivity contribution in [3.05, 3.63) is 34.7 Å². The molecule has 2 heterocycles. The fourth-order valence-corrected chi connectivity index (χ4v) is 4.02. The summed E-state index contributed by atoms with van der Waals surface area (Å²) in [6.45, 7) is 7.14. The quantitative estimate of drug-likeness (QED) is 0.518. The molecule has 6 nitrogen and oxygen atoms in total. The molecule has 7 heteroatoms. The number of benzene rings is 1. The number of amides is 1. The van der Waals surface area contributed by atoms with Gasteiger partial charge in [0, 0.05) is 39.1 Å². The van der Waals surface area contributed by atoms with Crippen molar-refractivity contribution in [1.82, 2.24) is 9.80 Å². The first kappa shape index (κ1) is 20.4. The summed E-state index contributed by atoms with van der Waals surface area (Å²) in [7, 11) is 0. The molecule has 0 saturated carbocycles. The van der Waals surface area contributed by atoms with Crippen LogP contribution in [0.25, 0.3) is 6.08 Å². The fourth-order valence-electron chi connectivity index (χ4n) is 3.05. The van der Waals surface area contributed by atoms with Gasteiger partial charge in [0.1, 0.15) is 5.75 Å². The smallest absolute Gasteiger partial charge is 0.286 e. The average Bonchev–Trinajstić information content (AvgIpc) is 3.08. The second-order valence-electron chi connectivity index (χ2n) is 6.82. The van der Waals surface area contributed by atoms with Gasteiger partial charge < -0.3 is 9.64 Å². The van der Waals surface area contributed by atoms with Crippen molar-refractivity contribution in [2.45, 2.75) is 26.2 Å². The van der Waals surface area contributed by atoms with E-state index in [-0.39, 0.29) is 5.91 Å². The van der Waals surface area contributed by atoms with Crippen LogP contribution < -0.4 is 4.74 Å². The SMILES string of the molecule is CCCCOc1ccc(/C=C2\SC(N3CCN(CCC#N)CC3)=NC2=O)cc1. The molecule has 1 fully saturated rings. The van der Waals surface area contributed by atoms with Gasteiger partial charge in [0.25, 0.3) is 5.91 Å². The minimum Gasteiger partial charge on any atom is -0.494 e. The van der Waals surface area contributed by atoms with E-state index in [1.807, 2.05) is 30.3 Å². The van der Waals surface area contributed by atoms with Crippen molar-refractivity contribution in [3.63, 3.8) is 0 Å². The number of hydrogen-bond donors (Lipinski definition) is 0. The van der Waals surface area contributed by atoms with Crippen LogP contribution in [0.4, 0.5) is 0 Å². The first-order valence-corrected chi connectivity index (χ1v) is 10.6. The van der Waals surface area contributed by atoms with Crippen LogP contribution in [-0.4, -0.2) is 60.2 Å². The van der Waals surface area contributed by atoms with Crippen molar-refractivity contribution in [1.29, 1.82) is 5.26 Å². The third kappa shape index (κ3) is 5.60. The van der Waals surface area contributed by atoms with Gasteiger partial charge in [0.05, 0.1) is 17.6 Å². The molecule has 0 atom stereocenters. The highest BCUT2D eigenvalue weighted by molar-refractivity contribution is 8.18. The molecular formula is C21H26N4O2S. The van der Waals surface area contributed by atoms with Gasteiger partial charge in [0.15, 0.2) is 5.17 Å². The van der Waals surface area contributed by atoms with Crippen LogP contribution in [0.2, 0.25) is 0 Å². The number of piperazine rings is 1. The average molecular weight is 399 g/mol. The zero-order valence-electron chi connectivity index (χ0n) is 16.3. The molecule has 0 radical (unpaired) electrons. The lowest BCUT2D eigenvalue weighted by molar-refractivity contribution is -0.113. The van der Waals surface area contributed by atoms with Gasteiger partial charge in [-0.3, -0.25) is 9.69 Å². The van der Waals surface area contributed by atoms with Gasteiger partial charge in [-0.1, -0.05) is 25.5 Å². The van der Waals surface area contributed by atoms with Gasteiger partial charge >= 0.3 is 0 Å². The normalized spacial score (nSPS) is 19.0. The number of thioether (sulfide) groups is 1. The largest absolute Gasteiger partial charge is 0.494 e. The summed E-state index contributed by atoms with van der Waals surface area (Å²) in [6.07, 6.45) is 4.61. The van der Waals surface area contributed by atoms with Gasteiger partial charge in [-0.15, -0.1) is 0 Å². The summed E-state index contributed by atoms with van der Waals surface area (Å²) >= 11 is 1.45. The van der Waals surface area contributed by atoms with E-state index >= 15 is 0 Å². The third-order valence-corrected chi connectivity index (χ3v) is 5.78. The first-order valence-electron chi connectivity index (χ1n) is 9.79. The predicted molar refractivity (Wildman–Crippen MR) is 113 cm³/mol. The monoisotopic (exact) mass is 398 g/mol. The van der Waals surface area contributed by atoms with Crippen LogP contribution >= 0.6 is 11.8 Å². The number of aliphatic imine (C=N–C) groups is 1. The van der Waals surface area contributed by atoms with Crippen LogP contribution in [0.3, 0.4) is 0 Å². The molecule has 0 aliphatic carbocycles. The number of nitriles is 1. The second-order valence-corrected chi connectivity index (χ2v) is 7.83. The zero-order chi connectivity index (χ0) is 19.8. The predicted octanol–water partition coefficient (Wildman–Crippen LogP) is 3.37. The third-order valence-electron chi connectivity index (χ3n) is 4.74. The molecule has 0 spiro atoms. The highest BCUT2D eigenvalue weighted by Gasteiger charge is 2.28. The van der Waals surface area contributed by atoms with Crippen LogP contribution in [0.5, 0.6) is 5.75 Å². The lowest BCUT2D eigenvalue weighted by Crippen LogP contribution is -2.47. The molecule has 148 valence electrons. The number of rotatable bonds is 7. The van der Waals surface area contributed by atoms with Crippen molar-refractivity contribution in [2.24, 2.45) is 4.99 Å². The molecule has 28 heavy (non-hydrogen) atoms. The lowest BCUT2D eigenvalue weighted by atomic mass is 10.2. The van der Waals surface area contributed by atoms with Gasteiger partial charge in [-0.05, 0) is 42.0 Å². The highest BCUT2D eigenvalue weighted by Crippen LogP contribution is 2.31. The summed E-state index contributed by atoms with van der Waals surface area (Å²) < 4.78 is 5.68. The molecule has 3 rings (SSSR count). The molecule has 2 aliphatic heterocycles. The standard InChI is InChI=1S/C21H26N4O2S/c1-2-3-15-27-18-7-5-17(6-8-18)16-19-20(26)23-21(28-19)25-13-11-24(12-14-25)10-4-9-22/h5-8,16H,2-4,10-15H2,1H3/b19-16-. The molecule has 0 aromatic heterocycles. The topological polar surface area (TPSA) is 68.9 Å². The Hall–Kier alpha value is -2.30. The van der Waals surface area contributed by atoms with E-state index in [4.69, 9.17) is 10.00 Å². The number of ether oxygens (including phenoxy) is 1. The number of carbonyl (C=O) groups is 1. The lowest BCUT2D eigenvalue weighted by Gasteiger charge is -2.34. The van der Waals surface area contributed by atoms with Gasteiger partial charge in [-0.25, -0.2) is 0 Å². The Balaban J connectivity index is 1.53. The fraction of sp³-hybridized carbons (Fsp3) is 0.476. The Bertz CT molecular complexity index is 775. The molecule has 0 unspecified atom stereocenters. The van der Waals surface area contributed by atoms with Crippen LogP contribution in [0.15, 0.2) is 34.2 Å². The van der Waals surface area contributed by atoms with E-state index in [9.17, 15) is 4.79 Å². The van der Waals surface area contributed by atoms with E-state index in [1.165, 1.54) is 11.8 Å². The summed E-state index contributed by atoms with van der Waals surface area (Å²) in [5.41, 5.74) is 0.969. The highest BCUT2D eigenvalue weighted by atomic mass is 32.2. The second kappa shape index (κ2) is 10.3. The number of nitrogens with zero attached hydrogens (tertiary/aromatic N) is 4. The molecule has 1 aromatic rings. The van der Waals surface area contributed by atoms with Crippen molar-refractivity contribution < 1.29 is 9.53 Å². The minimum absolute atomic E-state index is 0.171. The Morgan fingerprint density at radius 2 is 2.00 bits per heavy atom. The van der Waals surface area contributed by atoms with Crippen molar-refractivity contribution >= 4 is 28.9 Å². The number of amidine groups is 1. The molecule has 0 N–H and O–H groups in total. The summed E-state index contributed by atoms with van der Waals surface area (Å²) in [4.78, 5) is 21.6. The van der Waals surface area contributed by atoms with Crippen LogP contribution in [-0.2, 0) is 4.79 Å².